The Balaban J connectivity index is 2.14. The summed E-state index contributed by atoms with van der Waals surface area (Å²) in [5, 5.41) is 16.0. The van der Waals surface area contributed by atoms with Crippen LogP contribution in [0.15, 0.2) is 42.5 Å². The van der Waals surface area contributed by atoms with Crippen molar-refractivity contribution in [1.82, 2.24) is 10.6 Å². The van der Waals surface area contributed by atoms with Gasteiger partial charge in [0.15, 0.2) is 0 Å². The minimum Gasteiger partial charge on any atom is -0.396 e. The number of aliphatic hydroxyl groups excluding tert-OH is 1. The van der Waals surface area contributed by atoms with E-state index in [2.05, 4.69) is 31.4 Å². The van der Waals surface area contributed by atoms with Gasteiger partial charge in [-0.2, -0.15) is 0 Å². The highest BCUT2D eigenvalue weighted by molar-refractivity contribution is 6.31. The van der Waals surface area contributed by atoms with Crippen LogP contribution in [-0.2, 0) is 10.3 Å². The van der Waals surface area contributed by atoms with Crippen LogP contribution in [0.5, 0.6) is 0 Å². The Kier molecular flexibility index (Phi) is 8.64. The van der Waals surface area contributed by atoms with E-state index >= 15 is 4.39 Å². The van der Waals surface area contributed by atoms with Gasteiger partial charge in [-0.15, -0.1) is 0 Å². The van der Waals surface area contributed by atoms with Gasteiger partial charge in [-0.05, 0) is 54.0 Å². The molecule has 5 N–H and O–H groups in total. The molecule has 0 spiro atoms. The van der Waals surface area contributed by atoms with Gasteiger partial charge in [-0.1, -0.05) is 68.2 Å². The summed E-state index contributed by atoms with van der Waals surface area (Å²) in [6.45, 7) is 6.78. The quantitative estimate of drug-likeness (QED) is 0.387. The molecule has 0 saturated carbocycles. The van der Waals surface area contributed by atoms with Crippen molar-refractivity contribution < 1.29 is 14.3 Å². The third-order valence-electron chi connectivity index (χ3n) is 6.45. The van der Waals surface area contributed by atoms with E-state index in [0.29, 0.717) is 36.4 Å². The summed E-state index contributed by atoms with van der Waals surface area (Å²) in [6, 6.07) is 10.9. The Hall–Kier alpha value is -1.70. The minimum atomic E-state index is -1.11. The Bertz CT molecular complexity index is 997. The van der Waals surface area contributed by atoms with E-state index in [-0.39, 0.29) is 29.0 Å². The van der Waals surface area contributed by atoms with Crippen LogP contribution < -0.4 is 16.4 Å². The maximum absolute atomic E-state index is 15.4. The first kappa shape index (κ1) is 26.9. The summed E-state index contributed by atoms with van der Waals surface area (Å²) in [5.41, 5.74) is 7.08. The van der Waals surface area contributed by atoms with Gasteiger partial charge >= 0.3 is 0 Å². The highest BCUT2D eigenvalue weighted by Crippen LogP contribution is 2.49. The predicted octanol–water partition coefficient (Wildman–Crippen LogP) is 4.74. The van der Waals surface area contributed by atoms with Gasteiger partial charge in [0.05, 0.1) is 16.6 Å². The van der Waals surface area contributed by atoms with E-state index in [1.165, 1.54) is 6.07 Å². The zero-order valence-electron chi connectivity index (χ0n) is 19.9. The van der Waals surface area contributed by atoms with Crippen molar-refractivity contribution in [3.8, 4) is 0 Å². The molecule has 0 radical (unpaired) electrons. The largest absolute Gasteiger partial charge is 0.396 e. The first-order valence-electron chi connectivity index (χ1n) is 11.6. The maximum atomic E-state index is 15.4. The van der Waals surface area contributed by atoms with E-state index < -0.39 is 23.3 Å². The third kappa shape index (κ3) is 5.74. The molecule has 1 amide bonds. The van der Waals surface area contributed by atoms with E-state index in [9.17, 15) is 4.79 Å². The molecule has 1 heterocycles. The molecule has 186 valence electrons. The number of aliphatic hydroxyl groups is 1. The van der Waals surface area contributed by atoms with Crippen molar-refractivity contribution in [2.24, 2.45) is 11.1 Å². The van der Waals surface area contributed by atoms with Gasteiger partial charge in [0.1, 0.15) is 5.82 Å². The molecule has 0 aliphatic carbocycles. The monoisotopic (exact) mass is 509 g/mol. The average molecular weight is 510 g/mol. The first-order chi connectivity index (χ1) is 16.0. The summed E-state index contributed by atoms with van der Waals surface area (Å²) in [5.74, 6) is -1.56. The molecule has 1 fully saturated rings. The van der Waals surface area contributed by atoms with Gasteiger partial charge in [0.25, 0.3) is 0 Å². The van der Waals surface area contributed by atoms with Crippen molar-refractivity contribution in [2.45, 2.75) is 63.6 Å². The molecule has 1 saturated heterocycles. The van der Waals surface area contributed by atoms with Crippen molar-refractivity contribution in [3.63, 3.8) is 0 Å². The summed E-state index contributed by atoms with van der Waals surface area (Å²) in [7, 11) is 0. The van der Waals surface area contributed by atoms with E-state index in [0.717, 1.165) is 5.56 Å². The number of nitrogens with two attached hydrogens (primary N) is 1. The molecule has 2 aromatic carbocycles. The second-order valence-corrected chi connectivity index (χ2v) is 11.1. The van der Waals surface area contributed by atoms with Crippen LogP contribution in [0.2, 0.25) is 10.0 Å². The lowest BCUT2D eigenvalue weighted by Crippen LogP contribution is -2.52. The number of hydrogen-bond donors (Lipinski definition) is 4. The fourth-order valence-electron chi connectivity index (χ4n) is 4.89. The smallest absolute Gasteiger partial charge is 0.237 e. The number of rotatable bonds is 8. The number of hydrogen-bond acceptors (Lipinski definition) is 4. The molecule has 5 nitrogen and oxygen atoms in total. The van der Waals surface area contributed by atoms with Crippen LogP contribution >= 0.6 is 23.2 Å². The van der Waals surface area contributed by atoms with E-state index in [1.54, 1.807) is 24.3 Å². The third-order valence-corrected chi connectivity index (χ3v) is 6.99. The van der Waals surface area contributed by atoms with Crippen LogP contribution in [0.1, 0.15) is 57.1 Å². The standard InChI is InChI=1S/C26H34Cl2FN3O2/c1-25(2,3)15-20-26(30,16-9-11-17(27)12-10-16)21(18-7-6-8-19(28)22(18)29)23(32-20)24(34)31-13-4-5-14-33/h6-12,20-21,23,32-33H,4-5,13-15,30H2,1-3H3,(H,31,34)/t20-,21-,23+,26+/m0/s1. The molecule has 4 atom stereocenters. The van der Waals surface area contributed by atoms with Crippen molar-refractivity contribution in [2.75, 3.05) is 13.2 Å². The Morgan fingerprint density at radius 1 is 1.18 bits per heavy atom. The molecule has 8 heteroatoms. The predicted molar refractivity (Wildman–Crippen MR) is 136 cm³/mol. The highest BCUT2D eigenvalue weighted by atomic mass is 35.5. The number of carbonyl (C=O) groups is 1. The molecule has 1 aliphatic rings. The molecule has 34 heavy (non-hydrogen) atoms. The number of carbonyl (C=O) groups excluding carboxylic acids is 1. The zero-order valence-corrected chi connectivity index (χ0v) is 21.4. The van der Waals surface area contributed by atoms with Gasteiger partial charge in [0, 0.05) is 30.1 Å². The molecule has 0 bridgehead atoms. The summed E-state index contributed by atoms with van der Waals surface area (Å²) in [4.78, 5) is 13.4. The van der Waals surface area contributed by atoms with Crippen LogP contribution in [-0.4, -0.2) is 36.2 Å². The molecular formula is C26H34Cl2FN3O2. The SMILES string of the molecule is CC(C)(C)C[C@@H]1N[C@@H](C(=O)NCCCCO)[C@H](c2cccc(Cl)c2F)[C@@]1(N)c1ccc(Cl)cc1. The Morgan fingerprint density at radius 2 is 1.85 bits per heavy atom. The molecule has 0 aromatic heterocycles. The van der Waals surface area contributed by atoms with Crippen molar-refractivity contribution in [1.29, 1.82) is 0 Å². The van der Waals surface area contributed by atoms with E-state index in [1.807, 2.05) is 12.1 Å². The fraction of sp³-hybridized carbons (Fsp3) is 0.500. The highest BCUT2D eigenvalue weighted by Gasteiger charge is 2.57. The van der Waals surface area contributed by atoms with Crippen LogP contribution in [0.4, 0.5) is 4.39 Å². The van der Waals surface area contributed by atoms with Crippen molar-refractivity contribution >= 4 is 29.1 Å². The Labute approximate surface area is 211 Å². The van der Waals surface area contributed by atoms with Crippen LogP contribution in [0, 0.1) is 11.2 Å². The van der Waals surface area contributed by atoms with Crippen molar-refractivity contribution in [3.05, 3.63) is 69.5 Å². The molecule has 3 rings (SSSR count). The maximum Gasteiger partial charge on any atom is 0.237 e. The van der Waals surface area contributed by atoms with Gasteiger partial charge in [-0.25, -0.2) is 4.39 Å². The number of amides is 1. The number of halogens is 3. The summed E-state index contributed by atoms with van der Waals surface area (Å²) in [6.07, 6.45) is 1.88. The van der Waals surface area contributed by atoms with Gasteiger partial charge in [-0.3, -0.25) is 4.79 Å². The van der Waals surface area contributed by atoms with Crippen LogP contribution in [0.25, 0.3) is 0 Å². The lowest BCUT2D eigenvalue weighted by Gasteiger charge is -2.39. The number of benzene rings is 2. The molecule has 1 aliphatic heterocycles. The van der Waals surface area contributed by atoms with E-state index in [4.69, 9.17) is 34.0 Å². The topological polar surface area (TPSA) is 87.4 Å². The van der Waals surface area contributed by atoms with Gasteiger partial charge < -0.3 is 21.5 Å². The lowest BCUT2D eigenvalue weighted by molar-refractivity contribution is -0.123. The lowest BCUT2D eigenvalue weighted by atomic mass is 9.68. The minimum absolute atomic E-state index is 0.0164. The second kappa shape index (κ2) is 10.9. The summed E-state index contributed by atoms with van der Waals surface area (Å²) < 4.78 is 15.4. The second-order valence-electron chi connectivity index (χ2n) is 10.2. The van der Waals surface area contributed by atoms with Crippen LogP contribution in [0.3, 0.4) is 0 Å². The Morgan fingerprint density at radius 3 is 2.47 bits per heavy atom. The average Bonchev–Trinajstić information content (AvgIpc) is 3.05. The molecular weight excluding hydrogens is 476 g/mol. The molecule has 0 unspecified atom stereocenters. The normalized spacial score (nSPS) is 24.9. The number of unbranched alkanes of at least 4 members (excludes halogenated alkanes) is 1. The summed E-state index contributed by atoms with van der Waals surface area (Å²) >= 11 is 12.3. The fourth-order valence-corrected chi connectivity index (χ4v) is 5.19. The molecule has 2 aromatic rings. The number of nitrogens with one attached hydrogen (secondary N) is 2. The zero-order chi connectivity index (χ0) is 25.1. The van der Waals surface area contributed by atoms with Gasteiger partial charge in [0.2, 0.25) is 5.91 Å². The first-order valence-corrected chi connectivity index (χ1v) is 12.4.